The van der Waals surface area contributed by atoms with Crippen molar-refractivity contribution in [2.45, 2.75) is 12.5 Å². The maximum Gasteiger partial charge on any atom is 0.407 e. The number of nitrogens with one attached hydrogen (secondary N) is 1. The van der Waals surface area contributed by atoms with Gasteiger partial charge in [0.2, 0.25) is 0 Å². The summed E-state index contributed by atoms with van der Waals surface area (Å²) < 4.78 is 0. The highest BCUT2D eigenvalue weighted by Gasteiger charge is 2.25. The molecule has 0 saturated carbocycles. The Kier molecular flexibility index (Phi) is 3.09. The van der Waals surface area contributed by atoms with E-state index in [9.17, 15) is 4.79 Å². The number of rotatable bonds is 2. The van der Waals surface area contributed by atoms with Crippen LogP contribution >= 0.6 is 11.6 Å². The van der Waals surface area contributed by atoms with Crippen molar-refractivity contribution in [1.82, 2.24) is 15.1 Å². The van der Waals surface area contributed by atoms with Gasteiger partial charge >= 0.3 is 6.09 Å². The number of aromatic nitrogens is 2. The summed E-state index contributed by atoms with van der Waals surface area (Å²) in [5, 5.41) is 19.8. The fourth-order valence-corrected chi connectivity index (χ4v) is 1.75. The second-order valence-electron chi connectivity index (χ2n) is 3.60. The van der Waals surface area contributed by atoms with E-state index in [1.807, 2.05) is 0 Å². The van der Waals surface area contributed by atoms with Gasteiger partial charge in [-0.2, -0.15) is 0 Å². The largest absolute Gasteiger partial charge is 0.465 e. The molecule has 2 N–H and O–H groups in total. The molecule has 1 aromatic rings. The SMILES string of the molecule is O=C(O)N1CC[C@@H](Nc2ccc(Cl)nn2)C1. The third-order valence-corrected chi connectivity index (χ3v) is 2.64. The van der Waals surface area contributed by atoms with Crippen molar-refractivity contribution in [3.05, 3.63) is 17.3 Å². The number of carboxylic acid groups (broad SMARTS) is 1. The van der Waals surface area contributed by atoms with Crippen LogP contribution in [0, 0.1) is 0 Å². The monoisotopic (exact) mass is 242 g/mol. The Morgan fingerprint density at radius 1 is 1.56 bits per heavy atom. The second kappa shape index (κ2) is 4.52. The zero-order chi connectivity index (χ0) is 11.5. The van der Waals surface area contributed by atoms with Gasteiger partial charge in [-0.3, -0.25) is 0 Å². The molecule has 1 atom stereocenters. The number of hydrogen-bond acceptors (Lipinski definition) is 4. The molecule has 7 heteroatoms. The van der Waals surface area contributed by atoms with Crippen LogP contribution in [0.2, 0.25) is 5.15 Å². The first-order chi connectivity index (χ1) is 7.65. The van der Waals surface area contributed by atoms with E-state index >= 15 is 0 Å². The minimum atomic E-state index is -0.883. The zero-order valence-electron chi connectivity index (χ0n) is 8.43. The Morgan fingerprint density at radius 3 is 2.94 bits per heavy atom. The molecular weight excluding hydrogens is 232 g/mol. The highest BCUT2D eigenvalue weighted by molar-refractivity contribution is 6.29. The highest BCUT2D eigenvalue weighted by Crippen LogP contribution is 2.14. The number of halogens is 1. The van der Waals surface area contributed by atoms with Gasteiger partial charge in [0.05, 0.1) is 0 Å². The molecule has 86 valence electrons. The van der Waals surface area contributed by atoms with Gasteiger partial charge in [0.1, 0.15) is 5.82 Å². The standard InChI is InChI=1S/C9H11ClN4O2/c10-7-1-2-8(13-12-7)11-6-3-4-14(5-6)9(15)16/h1-2,6H,3-5H2,(H,11,13)(H,15,16)/t6-/m1/s1. The molecular formula is C9H11ClN4O2. The molecule has 1 aliphatic rings. The van der Waals surface area contributed by atoms with E-state index in [0.717, 1.165) is 6.42 Å². The molecule has 1 amide bonds. The molecule has 6 nitrogen and oxygen atoms in total. The third kappa shape index (κ3) is 2.52. The van der Waals surface area contributed by atoms with Crippen LogP contribution in [0.1, 0.15) is 6.42 Å². The summed E-state index contributed by atoms with van der Waals surface area (Å²) >= 11 is 5.61. The van der Waals surface area contributed by atoms with Gasteiger partial charge in [-0.1, -0.05) is 11.6 Å². The number of hydrogen-bond donors (Lipinski definition) is 2. The molecule has 1 saturated heterocycles. The molecule has 1 aliphatic heterocycles. The fourth-order valence-electron chi connectivity index (χ4n) is 1.65. The van der Waals surface area contributed by atoms with E-state index in [1.54, 1.807) is 12.1 Å². The van der Waals surface area contributed by atoms with Crippen molar-refractivity contribution in [3.8, 4) is 0 Å². The van der Waals surface area contributed by atoms with Crippen molar-refractivity contribution >= 4 is 23.5 Å². The molecule has 1 fully saturated rings. The molecule has 0 aromatic carbocycles. The van der Waals surface area contributed by atoms with E-state index in [0.29, 0.717) is 24.1 Å². The number of amides is 1. The lowest BCUT2D eigenvalue weighted by molar-refractivity contribution is 0.155. The summed E-state index contributed by atoms with van der Waals surface area (Å²) in [6, 6.07) is 3.45. The Balaban J connectivity index is 1.92. The number of likely N-dealkylation sites (tertiary alicyclic amines) is 1. The Hall–Kier alpha value is -1.56. The van der Waals surface area contributed by atoms with Gasteiger partial charge < -0.3 is 15.3 Å². The van der Waals surface area contributed by atoms with Gasteiger partial charge in [-0.25, -0.2) is 4.79 Å². The Morgan fingerprint density at radius 2 is 2.38 bits per heavy atom. The topological polar surface area (TPSA) is 78.4 Å². The van der Waals surface area contributed by atoms with Gasteiger partial charge in [0.15, 0.2) is 5.15 Å². The second-order valence-corrected chi connectivity index (χ2v) is 3.99. The smallest absolute Gasteiger partial charge is 0.407 e. The summed E-state index contributed by atoms with van der Waals surface area (Å²) in [6.45, 7) is 1.02. The predicted octanol–water partition coefficient (Wildman–Crippen LogP) is 1.29. The van der Waals surface area contributed by atoms with Gasteiger partial charge in [0.25, 0.3) is 0 Å². The average Bonchev–Trinajstić information content (AvgIpc) is 2.70. The first-order valence-electron chi connectivity index (χ1n) is 4.89. The third-order valence-electron chi connectivity index (χ3n) is 2.44. The lowest BCUT2D eigenvalue weighted by Gasteiger charge is -2.13. The first-order valence-corrected chi connectivity index (χ1v) is 5.26. The molecule has 0 aliphatic carbocycles. The minimum absolute atomic E-state index is 0.0894. The summed E-state index contributed by atoms with van der Waals surface area (Å²) in [5.74, 6) is 0.613. The van der Waals surface area contributed by atoms with Crippen LogP contribution in [0.5, 0.6) is 0 Å². The zero-order valence-corrected chi connectivity index (χ0v) is 9.18. The van der Waals surface area contributed by atoms with Gasteiger partial charge in [-0.15, -0.1) is 10.2 Å². The summed E-state index contributed by atoms with van der Waals surface area (Å²) in [4.78, 5) is 12.1. The lowest BCUT2D eigenvalue weighted by atomic mass is 10.2. The number of nitrogens with zero attached hydrogens (tertiary/aromatic N) is 3. The number of anilines is 1. The van der Waals surface area contributed by atoms with Gasteiger partial charge in [0, 0.05) is 19.1 Å². The normalized spacial score (nSPS) is 19.8. The van der Waals surface area contributed by atoms with Crippen molar-refractivity contribution in [3.63, 3.8) is 0 Å². The highest BCUT2D eigenvalue weighted by atomic mass is 35.5. The lowest BCUT2D eigenvalue weighted by Crippen LogP contribution is -2.30. The Labute approximate surface area is 97.2 Å². The van der Waals surface area contributed by atoms with Crippen molar-refractivity contribution in [1.29, 1.82) is 0 Å². The minimum Gasteiger partial charge on any atom is -0.465 e. The van der Waals surface area contributed by atoms with Crippen LogP contribution in [0.3, 0.4) is 0 Å². The Bertz CT molecular complexity index is 384. The molecule has 2 heterocycles. The first kappa shape index (κ1) is 10.9. The van der Waals surface area contributed by atoms with Crippen LogP contribution in [0.15, 0.2) is 12.1 Å². The summed E-state index contributed by atoms with van der Waals surface area (Å²) in [5.41, 5.74) is 0. The summed E-state index contributed by atoms with van der Waals surface area (Å²) in [6.07, 6.45) is -0.108. The van der Waals surface area contributed by atoms with Crippen LogP contribution in [-0.4, -0.2) is 45.4 Å². The predicted molar refractivity (Wildman–Crippen MR) is 58.7 cm³/mol. The molecule has 1 aromatic heterocycles. The molecule has 0 bridgehead atoms. The van der Waals surface area contributed by atoms with E-state index in [1.165, 1.54) is 4.90 Å². The van der Waals surface area contributed by atoms with E-state index in [4.69, 9.17) is 16.7 Å². The summed E-state index contributed by atoms with van der Waals surface area (Å²) in [7, 11) is 0. The van der Waals surface area contributed by atoms with E-state index in [2.05, 4.69) is 15.5 Å². The van der Waals surface area contributed by atoms with Crippen LogP contribution < -0.4 is 5.32 Å². The van der Waals surface area contributed by atoms with E-state index in [-0.39, 0.29) is 6.04 Å². The van der Waals surface area contributed by atoms with Crippen molar-refractivity contribution in [2.75, 3.05) is 18.4 Å². The van der Waals surface area contributed by atoms with E-state index < -0.39 is 6.09 Å². The van der Waals surface area contributed by atoms with Crippen molar-refractivity contribution < 1.29 is 9.90 Å². The van der Waals surface area contributed by atoms with Crippen LogP contribution in [0.25, 0.3) is 0 Å². The molecule has 0 unspecified atom stereocenters. The van der Waals surface area contributed by atoms with Crippen LogP contribution in [-0.2, 0) is 0 Å². The quantitative estimate of drug-likeness (QED) is 0.817. The molecule has 0 radical (unpaired) electrons. The average molecular weight is 243 g/mol. The van der Waals surface area contributed by atoms with Gasteiger partial charge in [-0.05, 0) is 18.6 Å². The maximum atomic E-state index is 10.7. The maximum absolute atomic E-state index is 10.7. The molecule has 0 spiro atoms. The van der Waals surface area contributed by atoms with Crippen LogP contribution in [0.4, 0.5) is 10.6 Å². The molecule has 2 rings (SSSR count). The molecule has 16 heavy (non-hydrogen) atoms. The van der Waals surface area contributed by atoms with Crippen molar-refractivity contribution in [2.24, 2.45) is 0 Å². The fraction of sp³-hybridized carbons (Fsp3) is 0.444. The number of carbonyl (C=O) groups is 1.